The van der Waals surface area contributed by atoms with Gasteiger partial charge in [-0.3, -0.25) is 4.79 Å². The van der Waals surface area contributed by atoms with E-state index in [1.807, 2.05) is 11.9 Å². The predicted molar refractivity (Wildman–Crippen MR) is 88.8 cm³/mol. The number of hydrogen-bond donors (Lipinski definition) is 0. The van der Waals surface area contributed by atoms with E-state index in [0.29, 0.717) is 12.3 Å². The monoisotopic (exact) mass is 281 g/mol. The van der Waals surface area contributed by atoms with Gasteiger partial charge in [-0.25, -0.2) is 0 Å². The first kappa shape index (κ1) is 19.2. The maximum absolute atomic E-state index is 11.8. The molecule has 0 N–H and O–H groups in total. The zero-order valence-corrected chi connectivity index (χ0v) is 14.4. The third-order valence-corrected chi connectivity index (χ3v) is 3.97. The molecule has 0 aliphatic rings. The van der Waals surface area contributed by atoms with Crippen LogP contribution in [0.4, 0.5) is 0 Å². The molecular formula is C18H35NO. The van der Waals surface area contributed by atoms with E-state index >= 15 is 0 Å². The summed E-state index contributed by atoms with van der Waals surface area (Å²) in [5, 5.41) is 0. The van der Waals surface area contributed by atoms with Crippen LogP contribution >= 0.6 is 0 Å². The first-order chi connectivity index (χ1) is 9.36. The Morgan fingerprint density at radius 1 is 1.15 bits per heavy atom. The molecule has 0 saturated heterocycles. The van der Waals surface area contributed by atoms with Crippen molar-refractivity contribution in [3.05, 3.63) is 12.2 Å². The summed E-state index contributed by atoms with van der Waals surface area (Å²) in [6.07, 6.45) is 7.71. The lowest BCUT2D eigenvalue weighted by Gasteiger charge is -2.18. The van der Waals surface area contributed by atoms with Gasteiger partial charge in [0.25, 0.3) is 0 Å². The topological polar surface area (TPSA) is 20.3 Å². The maximum Gasteiger partial charge on any atom is 0.222 e. The highest BCUT2D eigenvalue weighted by Crippen LogP contribution is 2.17. The maximum atomic E-state index is 11.8. The highest BCUT2D eigenvalue weighted by molar-refractivity contribution is 5.75. The quantitative estimate of drug-likeness (QED) is 0.383. The van der Waals surface area contributed by atoms with Crippen LogP contribution in [0.15, 0.2) is 12.2 Å². The van der Waals surface area contributed by atoms with Gasteiger partial charge in [0.05, 0.1) is 0 Å². The molecule has 1 atom stereocenters. The number of hydrogen-bond acceptors (Lipinski definition) is 1. The first-order valence-electron chi connectivity index (χ1n) is 8.27. The third kappa shape index (κ3) is 10.1. The van der Waals surface area contributed by atoms with Gasteiger partial charge in [-0.15, -0.1) is 0 Å². The lowest BCUT2D eigenvalue weighted by atomic mass is 9.97. The van der Waals surface area contributed by atoms with Crippen LogP contribution < -0.4 is 0 Å². The lowest BCUT2D eigenvalue weighted by molar-refractivity contribution is -0.130. The van der Waals surface area contributed by atoms with Crippen molar-refractivity contribution in [2.24, 2.45) is 11.8 Å². The van der Waals surface area contributed by atoms with E-state index in [4.69, 9.17) is 0 Å². The second-order valence-electron chi connectivity index (χ2n) is 6.67. The normalized spacial score (nSPS) is 12.5. The highest BCUT2D eigenvalue weighted by Gasteiger charge is 2.10. The van der Waals surface area contributed by atoms with E-state index in [9.17, 15) is 4.79 Å². The van der Waals surface area contributed by atoms with E-state index < -0.39 is 0 Å². The van der Waals surface area contributed by atoms with Crippen molar-refractivity contribution in [3.8, 4) is 0 Å². The molecule has 1 amide bonds. The predicted octanol–water partition coefficient (Wildman–Crippen LogP) is 5.04. The molecular weight excluding hydrogens is 246 g/mol. The van der Waals surface area contributed by atoms with Crippen LogP contribution in [0.25, 0.3) is 0 Å². The second-order valence-corrected chi connectivity index (χ2v) is 6.67. The largest absolute Gasteiger partial charge is 0.346 e. The van der Waals surface area contributed by atoms with E-state index in [2.05, 4.69) is 34.3 Å². The fourth-order valence-electron chi connectivity index (χ4n) is 2.13. The van der Waals surface area contributed by atoms with Crippen molar-refractivity contribution in [1.29, 1.82) is 0 Å². The molecule has 1 unspecified atom stereocenters. The van der Waals surface area contributed by atoms with Crippen LogP contribution in [0, 0.1) is 11.8 Å². The number of carbonyl (C=O) groups excluding carboxylic acids is 1. The molecule has 0 aliphatic carbocycles. The minimum atomic E-state index is 0.274. The van der Waals surface area contributed by atoms with Crippen LogP contribution in [0.1, 0.15) is 72.6 Å². The number of amides is 1. The third-order valence-electron chi connectivity index (χ3n) is 3.97. The van der Waals surface area contributed by atoms with E-state index in [-0.39, 0.29) is 5.91 Å². The average molecular weight is 281 g/mol. The van der Waals surface area contributed by atoms with Crippen LogP contribution in [0.5, 0.6) is 0 Å². The van der Waals surface area contributed by atoms with Gasteiger partial charge in [0.1, 0.15) is 0 Å². The molecule has 0 bridgehead atoms. The average Bonchev–Trinajstić information content (AvgIpc) is 2.39. The molecule has 0 fully saturated rings. The van der Waals surface area contributed by atoms with Crippen LogP contribution in [-0.4, -0.2) is 24.4 Å². The Balaban J connectivity index is 3.65. The van der Waals surface area contributed by atoms with E-state index in [0.717, 1.165) is 38.1 Å². The molecule has 0 heterocycles. The molecule has 0 rings (SSSR count). The number of carbonyl (C=O) groups is 1. The molecule has 0 spiro atoms. The first-order valence-corrected chi connectivity index (χ1v) is 8.27. The summed E-state index contributed by atoms with van der Waals surface area (Å²) in [5.41, 5.74) is 1.38. The summed E-state index contributed by atoms with van der Waals surface area (Å²) in [7, 11) is 1.92. The van der Waals surface area contributed by atoms with Gasteiger partial charge in [-0.1, -0.05) is 46.3 Å². The number of nitrogens with zero attached hydrogens (tertiary/aromatic N) is 1. The number of rotatable bonds is 11. The standard InChI is InChI=1S/C18H35NO/c1-7-16(4)11-12-17(5)10-8-9-13-19(6)18(20)14-15(2)3/h15-16H,5,7-14H2,1-4,6H3. The Hall–Kier alpha value is -0.790. The molecule has 2 nitrogen and oxygen atoms in total. The van der Waals surface area contributed by atoms with Crippen molar-refractivity contribution in [3.63, 3.8) is 0 Å². The van der Waals surface area contributed by atoms with E-state index in [1.165, 1.54) is 18.4 Å². The highest BCUT2D eigenvalue weighted by atomic mass is 16.2. The minimum absolute atomic E-state index is 0.274. The Bertz CT molecular complexity index is 283. The van der Waals surface area contributed by atoms with Crippen LogP contribution in [0.3, 0.4) is 0 Å². The summed E-state index contributed by atoms with van der Waals surface area (Å²) in [6.45, 7) is 13.8. The summed E-state index contributed by atoms with van der Waals surface area (Å²) >= 11 is 0. The van der Waals surface area contributed by atoms with Gasteiger partial charge in [0.15, 0.2) is 0 Å². The Morgan fingerprint density at radius 2 is 1.80 bits per heavy atom. The molecule has 0 aromatic rings. The smallest absolute Gasteiger partial charge is 0.222 e. The summed E-state index contributed by atoms with van der Waals surface area (Å²) in [4.78, 5) is 13.7. The molecule has 118 valence electrons. The van der Waals surface area contributed by atoms with Crippen molar-refractivity contribution < 1.29 is 4.79 Å². The summed E-state index contributed by atoms with van der Waals surface area (Å²) in [6, 6.07) is 0. The van der Waals surface area contributed by atoms with Crippen LogP contribution in [-0.2, 0) is 4.79 Å². The second kappa shape index (κ2) is 10.9. The molecule has 20 heavy (non-hydrogen) atoms. The van der Waals surface area contributed by atoms with Crippen molar-refractivity contribution in [2.75, 3.05) is 13.6 Å². The molecule has 0 aromatic heterocycles. The Labute approximate surface area is 126 Å². The number of unbranched alkanes of at least 4 members (excludes halogenated alkanes) is 1. The molecule has 0 radical (unpaired) electrons. The zero-order chi connectivity index (χ0) is 15.5. The van der Waals surface area contributed by atoms with Crippen molar-refractivity contribution in [1.82, 2.24) is 4.90 Å². The number of allylic oxidation sites excluding steroid dienone is 1. The summed E-state index contributed by atoms with van der Waals surface area (Å²) in [5.74, 6) is 1.53. The SMILES string of the molecule is C=C(CCCCN(C)C(=O)CC(C)C)CCC(C)CC. The molecule has 0 aromatic carbocycles. The molecule has 0 aliphatic heterocycles. The van der Waals surface area contributed by atoms with Crippen molar-refractivity contribution in [2.45, 2.75) is 72.6 Å². The van der Waals surface area contributed by atoms with Gasteiger partial charge < -0.3 is 4.90 Å². The Morgan fingerprint density at radius 3 is 2.35 bits per heavy atom. The lowest BCUT2D eigenvalue weighted by Crippen LogP contribution is -2.28. The van der Waals surface area contributed by atoms with Gasteiger partial charge in [0, 0.05) is 20.0 Å². The van der Waals surface area contributed by atoms with Gasteiger partial charge in [0.2, 0.25) is 5.91 Å². The summed E-state index contributed by atoms with van der Waals surface area (Å²) < 4.78 is 0. The van der Waals surface area contributed by atoms with Gasteiger partial charge in [-0.2, -0.15) is 0 Å². The van der Waals surface area contributed by atoms with Crippen LogP contribution in [0.2, 0.25) is 0 Å². The van der Waals surface area contributed by atoms with Gasteiger partial charge in [-0.05, 0) is 43.9 Å². The van der Waals surface area contributed by atoms with Gasteiger partial charge >= 0.3 is 0 Å². The fraction of sp³-hybridized carbons (Fsp3) is 0.833. The minimum Gasteiger partial charge on any atom is -0.346 e. The Kier molecular flexibility index (Phi) is 10.5. The zero-order valence-electron chi connectivity index (χ0n) is 14.4. The van der Waals surface area contributed by atoms with E-state index in [1.54, 1.807) is 0 Å². The molecule has 2 heteroatoms. The molecule has 0 saturated carbocycles. The fourth-order valence-corrected chi connectivity index (χ4v) is 2.13. The van der Waals surface area contributed by atoms with Crippen molar-refractivity contribution >= 4 is 5.91 Å².